The molecule has 1 aromatic rings. The number of aromatic nitrogens is 2. The van der Waals surface area contributed by atoms with E-state index in [-0.39, 0.29) is 18.6 Å². The van der Waals surface area contributed by atoms with E-state index in [9.17, 15) is 9.59 Å². The molecule has 1 saturated heterocycles. The molecule has 0 aliphatic carbocycles. The quantitative estimate of drug-likeness (QED) is 0.770. The zero-order valence-corrected chi connectivity index (χ0v) is 14.1. The van der Waals surface area contributed by atoms with E-state index < -0.39 is 0 Å². The third-order valence-corrected chi connectivity index (χ3v) is 4.40. The molecule has 0 bridgehead atoms. The summed E-state index contributed by atoms with van der Waals surface area (Å²) in [6.07, 6.45) is 2.54. The number of likely N-dealkylation sites (tertiary alicyclic amines) is 1. The summed E-state index contributed by atoms with van der Waals surface area (Å²) >= 11 is 0. The van der Waals surface area contributed by atoms with Gasteiger partial charge in [0.2, 0.25) is 0 Å². The number of aryl methyl sites for hydroxylation is 1. The van der Waals surface area contributed by atoms with Crippen LogP contribution < -0.4 is 0 Å². The van der Waals surface area contributed by atoms with Gasteiger partial charge in [0.15, 0.2) is 5.69 Å². The molecule has 0 atom stereocenters. The second-order valence-corrected chi connectivity index (χ2v) is 6.13. The van der Waals surface area contributed by atoms with Crippen molar-refractivity contribution in [3.05, 3.63) is 17.5 Å². The molecule has 0 spiro atoms. The minimum Gasteiger partial charge on any atom is -0.447 e. The number of hydrogen-bond donors (Lipinski definition) is 0. The van der Waals surface area contributed by atoms with E-state index in [2.05, 4.69) is 5.10 Å². The molecule has 8 nitrogen and oxygen atoms in total. The van der Waals surface area contributed by atoms with E-state index in [4.69, 9.17) is 9.47 Å². The standard InChI is InChI=1S/C16H24N4O4/c1-23-9-10-24-16(22)19-7-4-8-20-13(12-19)11-14(17-20)15(21)18-5-2-3-6-18/h11H,2-10,12H2,1H3. The summed E-state index contributed by atoms with van der Waals surface area (Å²) in [5.74, 6) is -0.0118. The third-order valence-electron chi connectivity index (χ3n) is 4.40. The van der Waals surface area contributed by atoms with E-state index in [1.54, 1.807) is 18.1 Å². The molecular formula is C16H24N4O4. The van der Waals surface area contributed by atoms with Crippen molar-refractivity contribution in [3.8, 4) is 0 Å². The first-order chi connectivity index (χ1) is 11.7. The number of amides is 2. The average Bonchev–Trinajstić information content (AvgIpc) is 3.20. The first kappa shape index (κ1) is 16.8. The van der Waals surface area contributed by atoms with Gasteiger partial charge in [0.05, 0.1) is 18.8 Å². The molecule has 8 heteroatoms. The van der Waals surface area contributed by atoms with Gasteiger partial charge in [-0.2, -0.15) is 5.10 Å². The maximum absolute atomic E-state index is 12.5. The van der Waals surface area contributed by atoms with Crippen LogP contribution in [0, 0.1) is 0 Å². The Labute approximate surface area is 141 Å². The zero-order valence-electron chi connectivity index (χ0n) is 14.1. The largest absolute Gasteiger partial charge is 0.447 e. The smallest absolute Gasteiger partial charge is 0.410 e. The van der Waals surface area contributed by atoms with Crippen molar-refractivity contribution in [1.29, 1.82) is 0 Å². The highest BCUT2D eigenvalue weighted by atomic mass is 16.6. The molecule has 0 unspecified atom stereocenters. The molecule has 1 fully saturated rings. The van der Waals surface area contributed by atoms with Gasteiger partial charge in [-0.15, -0.1) is 0 Å². The van der Waals surface area contributed by atoms with Gasteiger partial charge >= 0.3 is 6.09 Å². The summed E-state index contributed by atoms with van der Waals surface area (Å²) in [5, 5.41) is 4.45. The van der Waals surface area contributed by atoms with Crippen molar-refractivity contribution in [3.63, 3.8) is 0 Å². The molecule has 0 N–H and O–H groups in total. The van der Waals surface area contributed by atoms with Crippen molar-refractivity contribution >= 4 is 12.0 Å². The summed E-state index contributed by atoms with van der Waals surface area (Å²) in [5.41, 5.74) is 1.35. The second kappa shape index (κ2) is 7.65. The highest BCUT2D eigenvalue weighted by molar-refractivity contribution is 5.92. The number of carbonyl (C=O) groups excluding carboxylic acids is 2. The number of carbonyl (C=O) groups is 2. The number of rotatable bonds is 4. The zero-order chi connectivity index (χ0) is 16.9. The van der Waals surface area contributed by atoms with E-state index in [0.29, 0.717) is 31.9 Å². The fraction of sp³-hybridized carbons (Fsp3) is 0.688. The van der Waals surface area contributed by atoms with Gasteiger partial charge in [0.25, 0.3) is 5.91 Å². The monoisotopic (exact) mass is 336 g/mol. The van der Waals surface area contributed by atoms with Crippen molar-refractivity contribution in [2.24, 2.45) is 0 Å². The van der Waals surface area contributed by atoms with Gasteiger partial charge < -0.3 is 19.3 Å². The third kappa shape index (κ3) is 3.69. The van der Waals surface area contributed by atoms with Gasteiger partial charge in [-0.05, 0) is 25.3 Å². The van der Waals surface area contributed by atoms with E-state index in [1.807, 2.05) is 9.58 Å². The number of nitrogens with zero attached hydrogens (tertiary/aromatic N) is 4. The molecule has 24 heavy (non-hydrogen) atoms. The summed E-state index contributed by atoms with van der Waals surface area (Å²) in [7, 11) is 1.57. The van der Waals surface area contributed by atoms with E-state index in [0.717, 1.165) is 38.0 Å². The van der Waals surface area contributed by atoms with Crippen LogP contribution in [0.25, 0.3) is 0 Å². The van der Waals surface area contributed by atoms with Crippen molar-refractivity contribution in [1.82, 2.24) is 19.6 Å². The van der Waals surface area contributed by atoms with E-state index in [1.165, 1.54) is 0 Å². The normalized spacial score (nSPS) is 17.5. The lowest BCUT2D eigenvalue weighted by Crippen LogP contribution is -2.32. The van der Waals surface area contributed by atoms with Gasteiger partial charge in [0.1, 0.15) is 6.61 Å². The average molecular weight is 336 g/mol. The highest BCUT2D eigenvalue weighted by Gasteiger charge is 2.26. The molecule has 0 radical (unpaired) electrons. The van der Waals surface area contributed by atoms with Crippen molar-refractivity contribution in [2.75, 3.05) is 40.0 Å². The lowest BCUT2D eigenvalue weighted by atomic mass is 10.3. The Hall–Kier alpha value is -2.09. The minimum absolute atomic E-state index is 0.0118. The van der Waals surface area contributed by atoms with Crippen LogP contribution in [0.4, 0.5) is 4.79 Å². The Kier molecular flexibility index (Phi) is 5.34. The number of methoxy groups -OCH3 is 1. The van der Waals surface area contributed by atoms with Crippen LogP contribution in [0.15, 0.2) is 6.07 Å². The molecule has 3 heterocycles. The Morgan fingerprint density at radius 3 is 2.58 bits per heavy atom. The topological polar surface area (TPSA) is 76.9 Å². The lowest BCUT2D eigenvalue weighted by Gasteiger charge is -2.19. The Bertz CT molecular complexity index is 595. The molecule has 0 aromatic carbocycles. The van der Waals surface area contributed by atoms with Crippen molar-refractivity contribution < 1.29 is 19.1 Å². The number of ether oxygens (including phenoxy) is 2. The van der Waals surface area contributed by atoms with Gasteiger partial charge in [-0.3, -0.25) is 9.48 Å². The van der Waals surface area contributed by atoms with Gasteiger partial charge in [0, 0.05) is 33.3 Å². The summed E-state index contributed by atoms with van der Waals surface area (Å²) in [6.45, 7) is 3.95. The lowest BCUT2D eigenvalue weighted by molar-refractivity contribution is 0.0704. The van der Waals surface area contributed by atoms with Crippen LogP contribution in [0.2, 0.25) is 0 Å². The fourth-order valence-corrected chi connectivity index (χ4v) is 3.11. The summed E-state index contributed by atoms with van der Waals surface area (Å²) < 4.78 is 11.9. The van der Waals surface area contributed by atoms with Gasteiger partial charge in [-0.25, -0.2) is 4.79 Å². The first-order valence-electron chi connectivity index (χ1n) is 8.45. The molecule has 132 valence electrons. The molecule has 2 amide bonds. The minimum atomic E-state index is -0.353. The van der Waals surface area contributed by atoms with Crippen LogP contribution >= 0.6 is 0 Å². The molecular weight excluding hydrogens is 312 g/mol. The maximum Gasteiger partial charge on any atom is 0.410 e. The Morgan fingerprint density at radius 2 is 1.83 bits per heavy atom. The SMILES string of the molecule is COCCOC(=O)N1CCCn2nc(C(=O)N3CCCC3)cc2C1. The van der Waals surface area contributed by atoms with Crippen LogP contribution in [0.3, 0.4) is 0 Å². The molecule has 0 saturated carbocycles. The van der Waals surface area contributed by atoms with Crippen molar-refractivity contribution in [2.45, 2.75) is 32.4 Å². The fourth-order valence-electron chi connectivity index (χ4n) is 3.11. The first-order valence-corrected chi connectivity index (χ1v) is 8.45. The van der Waals surface area contributed by atoms with Crippen LogP contribution in [-0.4, -0.2) is 71.5 Å². The van der Waals surface area contributed by atoms with Crippen LogP contribution in [0.1, 0.15) is 35.4 Å². The van der Waals surface area contributed by atoms with E-state index >= 15 is 0 Å². The number of fused-ring (bicyclic) bond motifs is 1. The highest BCUT2D eigenvalue weighted by Crippen LogP contribution is 2.17. The second-order valence-electron chi connectivity index (χ2n) is 6.13. The van der Waals surface area contributed by atoms with Gasteiger partial charge in [-0.1, -0.05) is 0 Å². The van der Waals surface area contributed by atoms with Crippen LogP contribution in [-0.2, 0) is 22.6 Å². The maximum atomic E-state index is 12.5. The number of hydrogen-bond acceptors (Lipinski definition) is 5. The Morgan fingerprint density at radius 1 is 1.08 bits per heavy atom. The Balaban J connectivity index is 1.66. The molecule has 3 rings (SSSR count). The molecule has 2 aliphatic rings. The summed E-state index contributed by atoms with van der Waals surface area (Å²) in [4.78, 5) is 28.1. The molecule has 1 aromatic heterocycles. The predicted molar refractivity (Wildman–Crippen MR) is 85.6 cm³/mol. The van der Waals surface area contributed by atoms with Crippen LogP contribution in [0.5, 0.6) is 0 Å². The molecule has 2 aliphatic heterocycles. The predicted octanol–water partition coefficient (Wildman–Crippen LogP) is 1.11. The summed E-state index contributed by atoms with van der Waals surface area (Å²) in [6, 6.07) is 1.81.